The Morgan fingerprint density at radius 1 is 1.35 bits per heavy atom. The molecule has 0 saturated carbocycles. The van der Waals surface area contributed by atoms with Crippen LogP contribution in [-0.4, -0.2) is 49.2 Å². The largest absolute Gasteiger partial charge is 0.463 e. The molecule has 0 aromatic rings. The van der Waals surface area contributed by atoms with Crippen LogP contribution in [0.15, 0.2) is 12.3 Å². The lowest BCUT2D eigenvalue weighted by Gasteiger charge is -2.25. The fraction of sp³-hybridized carbons (Fsp3) is 0.688. The topological polar surface area (TPSA) is 84.9 Å². The summed E-state index contributed by atoms with van der Waals surface area (Å²) in [5.74, 6) is -0.453. The number of hydrogen-bond donors (Lipinski definition) is 1. The molecule has 2 amide bonds. The van der Waals surface area contributed by atoms with E-state index in [-0.39, 0.29) is 30.6 Å². The Kier molecular flexibility index (Phi) is 10.7. The van der Waals surface area contributed by atoms with Gasteiger partial charge in [0.2, 0.25) is 0 Å². The average molecular weight is 328 g/mol. The zero-order valence-corrected chi connectivity index (χ0v) is 14.6. The zero-order chi connectivity index (χ0) is 17.8. The standard InChI is InChI=1S/C14H22N2O5.C2H6/c1-10(2)13(18)20-9-11-5-6-12(21-11)16(7-4-8-17)14(19)15-3;1-2/h4,7-8,10-12H,5-6,9H2,1-3H3,(H,15,19);1-2H3/b7-4-;. The summed E-state index contributed by atoms with van der Waals surface area (Å²) in [4.78, 5) is 34.9. The van der Waals surface area contributed by atoms with Gasteiger partial charge in [-0.1, -0.05) is 27.7 Å². The molecule has 0 radical (unpaired) electrons. The van der Waals surface area contributed by atoms with Gasteiger partial charge in [0.05, 0.1) is 12.0 Å². The maximum atomic E-state index is 11.7. The van der Waals surface area contributed by atoms with Gasteiger partial charge >= 0.3 is 12.0 Å². The number of ether oxygens (including phenoxy) is 2. The molecule has 0 spiro atoms. The first-order valence-corrected chi connectivity index (χ1v) is 7.93. The predicted octanol–water partition coefficient (Wildman–Crippen LogP) is 2.07. The van der Waals surface area contributed by atoms with Gasteiger partial charge in [-0.15, -0.1) is 0 Å². The maximum Gasteiger partial charge on any atom is 0.323 e. The number of esters is 1. The summed E-state index contributed by atoms with van der Waals surface area (Å²) in [6.07, 6.45) is 3.77. The van der Waals surface area contributed by atoms with Crippen LogP contribution in [0, 0.1) is 5.92 Å². The summed E-state index contributed by atoms with van der Waals surface area (Å²) in [6, 6.07) is -0.363. The Morgan fingerprint density at radius 3 is 2.52 bits per heavy atom. The van der Waals surface area contributed by atoms with Gasteiger partial charge in [0.1, 0.15) is 19.1 Å². The van der Waals surface area contributed by atoms with E-state index in [0.29, 0.717) is 19.1 Å². The van der Waals surface area contributed by atoms with Crippen LogP contribution in [0.5, 0.6) is 0 Å². The van der Waals surface area contributed by atoms with Gasteiger partial charge < -0.3 is 14.8 Å². The minimum atomic E-state index is -0.469. The van der Waals surface area contributed by atoms with E-state index in [1.54, 1.807) is 13.8 Å². The first kappa shape index (κ1) is 21.1. The molecule has 132 valence electrons. The van der Waals surface area contributed by atoms with Crippen LogP contribution in [0.2, 0.25) is 0 Å². The van der Waals surface area contributed by atoms with Crippen molar-refractivity contribution in [2.24, 2.45) is 5.92 Å². The molecule has 1 aliphatic rings. The van der Waals surface area contributed by atoms with Crippen LogP contribution in [0.25, 0.3) is 0 Å². The Bertz CT molecular complexity index is 409. The second-order valence-corrected chi connectivity index (χ2v) is 5.01. The van der Waals surface area contributed by atoms with E-state index >= 15 is 0 Å². The monoisotopic (exact) mass is 328 g/mol. The van der Waals surface area contributed by atoms with Crippen molar-refractivity contribution in [2.75, 3.05) is 13.7 Å². The summed E-state index contributed by atoms with van der Waals surface area (Å²) in [6.45, 7) is 7.70. The molecule has 1 aliphatic heterocycles. The van der Waals surface area contributed by atoms with Crippen LogP contribution >= 0.6 is 0 Å². The van der Waals surface area contributed by atoms with Crippen molar-refractivity contribution in [3.05, 3.63) is 12.3 Å². The molecule has 1 rings (SSSR count). The molecule has 1 N–H and O–H groups in total. The summed E-state index contributed by atoms with van der Waals surface area (Å²) in [5, 5.41) is 2.49. The van der Waals surface area contributed by atoms with Crippen molar-refractivity contribution in [2.45, 2.75) is 52.9 Å². The molecule has 0 bridgehead atoms. The molecular weight excluding hydrogens is 300 g/mol. The molecule has 0 aliphatic carbocycles. The summed E-state index contributed by atoms with van der Waals surface area (Å²) in [7, 11) is 1.50. The minimum absolute atomic E-state index is 0.173. The summed E-state index contributed by atoms with van der Waals surface area (Å²) >= 11 is 0. The number of urea groups is 1. The number of carbonyl (C=O) groups excluding carboxylic acids is 3. The number of hydrogen-bond acceptors (Lipinski definition) is 5. The molecule has 2 unspecified atom stereocenters. The fourth-order valence-corrected chi connectivity index (χ4v) is 1.91. The number of amides is 2. The normalized spacial score (nSPS) is 19.9. The highest BCUT2D eigenvalue weighted by atomic mass is 16.6. The number of allylic oxidation sites excluding steroid dienone is 1. The van der Waals surface area contributed by atoms with E-state index in [4.69, 9.17) is 9.47 Å². The number of nitrogens with one attached hydrogen (secondary N) is 1. The van der Waals surface area contributed by atoms with Gasteiger partial charge in [0, 0.05) is 13.2 Å². The summed E-state index contributed by atoms with van der Waals surface area (Å²) in [5.41, 5.74) is 0. The molecule has 0 aromatic carbocycles. The van der Waals surface area contributed by atoms with Crippen LogP contribution in [0.4, 0.5) is 4.79 Å². The Morgan fingerprint density at radius 2 is 2.00 bits per heavy atom. The van der Waals surface area contributed by atoms with Gasteiger partial charge in [0.25, 0.3) is 0 Å². The first-order valence-electron chi connectivity index (χ1n) is 7.93. The number of aldehydes is 1. The molecule has 7 nitrogen and oxygen atoms in total. The Hall–Kier alpha value is -1.89. The van der Waals surface area contributed by atoms with Crippen molar-refractivity contribution in [3.63, 3.8) is 0 Å². The second-order valence-electron chi connectivity index (χ2n) is 5.01. The molecule has 2 atom stereocenters. The van der Waals surface area contributed by atoms with Gasteiger partial charge in [-0.25, -0.2) is 4.79 Å². The minimum Gasteiger partial charge on any atom is -0.463 e. The van der Waals surface area contributed by atoms with Crippen LogP contribution in [0.1, 0.15) is 40.5 Å². The molecule has 23 heavy (non-hydrogen) atoms. The maximum absolute atomic E-state index is 11.7. The number of rotatable bonds is 6. The van der Waals surface area contributed by atoms with Crippen molar-refractivity contribution < 1.29 is 23.9 Å². The van der Waals surface area contributed by atoms with Crippen LogP contribution in [-0.2, 0) is 19.1 Å². The number of nitrogens with zero attached hydrogens (tertiary/aromatic N) is 1. The van der Waals surface area contributed by atoms with Crippen molar-refractivity contribution in [3.8, 4) is 0 Å². The van der Waals surface area contributed by atoms with Crippen LogP contribution < -0.4 is 5.32 Å². The number of carbonyl (C=O) groups is 3. The third-order valence-electron chi connectivity index (χ3n) is 3.05. The van der Waals surface area contributed by atoms with E-state index in [2.05, 4.69) is 5.32 Å². The van der Waals surface area contributed by atoms with Crippen molar-refractivity contribution >= 4 is 18.3 Å². The lowest BCUT2D eigenvalue weighted by molar-refractivity contribution is -0.152. The summed E-state index contributed by atoms with van der Waals surface area (Å²) < 4.78 is 10.8. The molecule has 1 fully saturated rings. The molecule has 7 heteroatoms. The zero-order valence-electron chi connectivity index (χ0n) is 14.6. The molecule has 1 heterocycles. The third-order valence-corrected chi connectivity index (χ3v) is 3.05. The highest BCUT2D eigenvalue weighted by molar-refractivity contribution is 5.76. The third kappa shape index (κ3) is 7.27. The smallest absolute Gasteiger partial charge is 0.323 e. The first-order chi connectivity index (χ1) is 11.0. The van der Waals surface area contributed by atoms with Crippen molar-refractivity contribution in [1.29, 1.82) is 0 Å². The van der Waals surface area contributed by atoms with E-state index in [0.717, 1.165) is 0 Å². The van der Waals surface area contributed by atoms with Gasteiger partial charge in [-0.3, -0.25) is 14.5 Å². The van der Waals surface area contributed by atoms with Crippen molar-refractivity contribution in [1.82, 2.24) is 10.2 Å². The van der Waals surface area contributed by atoms with Gasteiger partial charge in [-0.05, 0) is 18.9 Å². The highest BCUT2D eigenvalue weighted by Gasteiger charge is 2.32. The second kappa shape index (κ2) is 11.6. The fourth-order valence-electron chi connectivity index (χ4n) is 1.91. The Labute approximate surface area is 138 Å². The van der Waals surface area contributed by atoms with Crippen LogP contribution in [0.3, 0.4) is 0 Å². The molecular formula is C16H28N2O5. The molecule has 0 aromatic heterocycles. The highest BCUT2D eigenvalue weighted by Crippen LogP contribution is 2.23. The van der Waals surface area contributed by atoms with Gasteiger partial charge in [-0.2, -0.15) is 0 Å². The lowest BCUT2D eigenvalue weighted by atomic mass is 10.2. The SMILES string of the molecule is CC.CNC(=O)N(/C=C\C=O)C1CCC(COC(=O)C(C)C)O1. The quantitative estimate of drug-likeness (QED) is 0.458. The van der Waals surface area contributed by atoms with Gasteiger partial charge in [0.15, 0.2) is 0 Å². The Balaban J connectivity index is 0.00000232. The predicted molar refractivity (Wildman–Crippen MR) is 86.5 cm³/mol. The van der Waals surface area contributed by atoms with E-state index in [9.17, 15) is 14.4 Å². The van der Waals surface area contributed by atoms with E-state index in [1.807, 2.05) is 13.8 Å². The lowest BCUT2D eigenvalue weighted by Crippen LogP contribution is -2.41. The van der Waals surface area contributed by atoms with E-state index < -0.39 is 6.23 Å². The average Bonchev–Trinajstić information content (AvgIpc) is 3.03. The molecule has 1 saturated heterocycles. The van der Waals surface area contributed by atoms with E-state index in [1.165, 1.54) is 24.2 Å².